The van der Waals surface area contributed by atoms with Crippen LogP contribution in [0, 0.1) is 0 Å². The number of aryl methyl sites for hydroxylation is 1. The van der Waals surface area contributed by atoms with Gasteiger partial charge < -0.3 is 25.0 Å². The van der Waals surface area contributed by atoms with Crippen LogP contribution in [0.15, 0.2) is 53.5 Å². The van der Waals surface area contributed by atoms with Gasteiger partial charge in [0.15, 0.2) is 0 Å². The zero-order chi connectivity index (χ0) is 28.9. The smallest absolute Gasteiger partial charge is 0.229 e. The predicted molar refractivity (Wildman–Crippen MR) is 164 cm³/mol. The van der Waals surface area contributed by atoms with E-state index in [9.17, 15) is 9.67 Å². The van der Waals surface area contributed by atoms with Crippen LogP contribution in [0.3, 0.4) is 0 Å². The molecule has 2 aromatic carbocycles. The van der Waals surface area contributed by atoms with E-state index < -0.39 is 13.2 Å². The van der Waals surface area contributed by atoms with E-state index >= 15 is 0 Å². The van der Waals surface area contributed by atoms with Crippen molar-refractivity contribution < 1.29 is 14.4 Å². The van der Waals surface area contributed by atoms with E-state index in [0.717, 1.165) is 22.4 Å². The van der Waals surface area contributed by atoms with Gasteiger partial charge in [-0.05, 0) is 71.1 Å². The number of hydrogen-bond acceptors (Lipinski definition) is 10. The van der Waals surface area contributed by atoms with E-state index in [0.29, 0.717) is 62.5 Å². The second kappa shape index (κ2) is 10.5. The number of nitrogens with one attached hydrogen (secondary N) is 2. The highest BCUT2D eigenvalue weighted by atomic mass is 79.9. The summed E-state index contributed by atoms with van der Waals surface area (Å²) in [5, 5.41) is 22.3. The molecule has 11 nitrogen and oxygen atoms in total. The molecule has 1 unspecified atom stereocenters. The first-order chi connectivity index (χ1) is 19.6. The van der Waals surface area contributed by atoms with Crippen LogP contribution in [0.5, 0.6) is 5.75 Å². The van der Waals surface area contributed by atoms with Crippen LogP contribution >= 0.6 is 23.1 Å². The number of aliphatic hydroxyl groups is 1. The Morgan fingerprint density at radius 2 is 1.85 bits per heavy atom. The van der Waals surface area contributed by atoms with E-state index in [1.54, 1.807) is 43.7 Å². The maximum absolute atomic E-state index is 13.4. The lowest BCUT2D eigenvalue weighted by Gasteiger charge is -2.18. The molecule has 3 N–H and O–H groups in total. The van der Waals surface area contributed by atoms with Crippen molar-refractivity contribution in [3.63, 3.8) is 0 Å². The SMILES string of the molecule is COc1cc2c(cc1Nc1ncc(Br)c(Nc3ccc4nccnc4c3P(C)(C)=O)n1)-c1cnn(C)c1CC(O)C2. The Morgan fingerprint density at radius 1 is 1.05 bits per heavy atom. The van der Waals surface area contributed by atoms with Crippen molar-refractivity contribution >= 4 is 62.6 Å². The number of hydrogen-bond donors (Lipinski definition) is 3. The minimum Gasteiger partial charge on any atom is -0.495 e. The lowest BCUT2D eigenvalue weighted by Crippen LogP contribution is -2.14. The Balaban J connectivity index is 1.39. The highest BCUT2D eigenvalue weighted by Gasteiger charge is 2.25. The van der Waals surface area contributed by atoms with Gasteiger partial charge in [-0.1, -0.05) is 0 Å². The zero-order valence-electron chi connectivity index (χ0n) is 22.9. The van der Waals surface area contributed by atoms with Crippen molar-refractivity contribution in [2.24, 2.45) is 7.05 Å². The molecular formula is C28H28BrN8O3P. The zero-order valence-corrected chi connectivity index (χ0v) is 25.4. The number of fused-ring (bicyclic) bond motifs is 4. The third-order valence-electron chi connectivity index (χ3n) is 7.06. The number of rotatable bonds is 6. The van der Waals surface area contributed by atoms with Crippen molar-refractivity contribution in [1.82, 2.24) is 29.7 Å². The quantitative estimate of drug-likeness (QED) is 0.223. The fourth-order valence-electron chi connectivity index (χ4n) is 5.22. The van der Waals surface area contributed by atoms with Gasteiger partial charge >= 0.3 is 0 Å². The molecule has 1 aliphatic rings. The maximum atomic E-state index is 13.4. The van der Waals surface area contributed by atoms with Crippen LogP contribution < -0.4 is 20.7 Å². The summed E-state index contributed by atoms with van der Waals surface area (Å²) in [5.41, 5.74) is 6.43. The molecule has 0 saturated carbocycles. The molecule has 6 rings (SSSR count). The summed E-state index contributed by atoms with van der Waals surface area (Å²) in [7, 11) is 0.726. The van der Waals surface area contributed by atoms with Crippen molar-refractivity contribution in [3.8, 4) is 16.9 Å². The topological polar surface area (TPSA) is 140 Å². The molecule has 0 spiro atoms. The maximum Gasteiger partial charge on any atom is 0.229 e. The number of nitrogens with zero attached hydrogens (tertiary/aromatic N) is 6. The van der Waals surface area contributed by atoms with Crippen LogP contribution in [0.4, 0.5) is 23.1 Å². The van der Waals surface area contributed by atoms with E-state index in [-0.39, 0.29) is 0 Å². The van der Waals surface area contributed by atoms with Crippen LogP contribution in [0.2, 0.25) is 0 Å². The summed E-state index contributed by atoms with van der Waals surface area (Å²) >= 11 is 3.54. The summed E-state index contributed by atoms with van der Waals surface area (Å²) in [5.74, 6) is 1.40. The molecule has 41 heavy (non-hydrogen) atoms. The Kier molecular flexibility index (Phi) is 7.01. The molecule has 0 amide bonds. The Labute approximate surface area is 244 Å². The van der Waals surface area contributed by atoms with Gasteiger partial charge in [-0.15, -0.1) is 0 Å². The number of aliphatic hydroxyl groups excluding tert-OH is 1. The number of benzene rings is 2. The molecule has 210 valence electrons. The summed E-state index contributed by atoms with van der Waals surface area (Å²) in [6.07, 6.45) is 7.17. The highest BCUT2D eigenvalue weighted by Crippen LogP contribution is 2.42. The van der Waals surface area contributed by atoms with Crippen molar-refractivity contribution in [2.75, 3.05) is 31.1 Å². The Morgan fingerprint density at radius 3 is 2.63 bits per heavy atom. The number of methoxy groups -OCH3 is 1. The second-order valence-corrected chi connectivity index (χ2v) is 14.3. The van der Waals surface area contributed by atoms with Gasteiger partial charge in [0, 0.05) is 43.3 Å². The Hall–Kier alpha value is -3.86. The summed E-state index contributed by atoms with van der Waals surface area (Å²) < 4.78 is 21.5. The molecular weight excluding hydrogens is 607 g/mol. The van der Waals surface area contributed by atoms with Crippen molar-refractivity contribution in [1.29, 1.82) is 0 Å². The number of anilines is 4. The lowest BCUT2D eigenvalue weighted by molar-refractivity contribution is 0.174. The Bertz CT molecular complexity index is 1850. The molecule has 0 bridgehead atoms. The van der Waals surface area contributed by atoms with Gasteiger partial charge in [0.05, 0.1) is 46.1 Å². The molecule has 1 aliphatic carbocycles. The number of ether oxygens (including phenoxy) is 1. The van der Waals surface area contributed by atoms with Gasteiger partial charge in [-0.2, -0.15) is 10.1 Å². The molecule has 0 radical (unpaired) electrons. The van der Waals surface area contributed by atoms with Crippen LogP contribution in [0.25, 0.3) is 22.2 Å². The van der Waals surface area contributed by atoms with Gasteiger partial charge in [0.25, 0.3) is 0 Å². The van der Waals surface area contributed by atoms with Gasteiger partial charge in [0.2, 0.25) is 5.95 Å². The number of aromatic nitrogens is 6. The fraction of sp³-hybridized carbons (Fsp3) is 0.250. The largest absolute Gasteiger partial charge is 0.495 e. The van der Waals surface area contributed by atoms with Gasteiger partial charge in [-0.25, -0.2) is 4.98 Å². The summed E-state index contributed by atoms with van der Waals surface area (Å²) in [6, 6.07) is 7.59. The molecule has 0 fully saturated rings. The van der Waals surface area contributed by atoms with Crippen molar-refractivity contribution in [2.45, 2.75) is 18.9 Å². The normalized spacial score (nSPS) is 14.7. The standard InChI is InChI=1S/C28H28BrN8O3P/c1-37-23-11-16(38)9-15-10-24(40-2)22(12-17(15)18(23)13-33-37)35-28-32-14-19(29)27(36-28)34-21-6-5-20-25(31-8-7-30-20)26(21)41(3,4)39/h5-8,10,12-14,16,38H,9,11H2,1-4H3,(H2,32,34,35,36). The van der Waals surface area contributed by atoms with E-state index in [2.05, 4.69) is 46.6 Å². The fourth-order valence-corrected chi connectivity index (χ4v) is 6.90. The van der Waals surface area contributed by atoms with E-state index in [1.807, 2.05) is 37.5 Å². The minimum atomic E-state index is -2.76. The highest BCUT2D eigenvalue weighted by molar-refractivity contribution is 9.10. The third-order valence-corrected chi connectivity index (χ3v) is 9.17. The third kappa shape index (κ3) is 5.18. The first-order valence-electron chi connectivity index (χ1n) is 12.9. The minimum absolute atomic E-state index is 0.326. The molecule has 3 heterocycles. The van der Waals surface area contributed by atoms with Crippen LogP contribution in [0.1, 0.15) is 11.3 Å². The molecule has 0 aliphatic heterocycles. The van der Waals surface area contributed by atoms with Crippen LogP contribution in [-0.4, -0.2) is 61.4 Å². The average Bonchev–Trinajstić information content (AvgIpc) is 3.22. The molecule has 13 heteroatoms. The first-order valence-corrected chi connectivity index (χ1v) is 16.3. The van der Waals surface area contributed by atoms with Gasteiger partial charge in [-0.3, -0.25) is 14.6 Å². The second-order valence-electron chi connectivity index (χ2n) is 10.3. The van der Waals surface area contributed by atoms with Crippen molar-refractivity contribution in [3.05, 3.63) is 64.8 Å². The van der Waals surface area contributed by atoms with Gasteiger partial charge in [0.1, 0.15) is 24.2 Å². The molecule has 3 aromatic heterocycles. The lowest BCUT2D eigenvalue weighted by atomic mass is 9.98. The first kappa shape index (κ1) is 27.3. The molecule has 5 aromatic rings. The summed E-state index contributed by atoms with van der Waals surface area (Å²) in [4.78, 5) is 18.0. The average molecular weight is 635 g/mol. The van der Waals surface area contributed by atoms with E-state index in [1.165, 1.54) is 0 Å². The summed E-state index contributed by atoms with van der Waals surface area (Å²) in [6.45, 7) is 3.42. The predicted octanol–water partition coefficient (Wildman–Crippen LogP) is 4.79. The van der Waals surface area contributed by atoms with Crippen LogP contribution in [-0.2, 0) is 24.5 Å². The monoisotopic (exact) mass is 634 g/mol. The molecule has 0 saturated heterocycles. The molecule has 1 atom stereocenters. The van der Waals surface area contributed by atoms with E-state index in [4.69, 9.17) is 9.72 Å². The number of halogens is 1.